The van der Waals surface area contributed by atoms with Crippen LogP contribution in [-0.4, -0.2) is 0 Å². The lowest BCUT2D eigenvalue weighted by Gasteiger charge is -2.13. The molecule has 4 heteroatoms. The Morgan fingerprint density at radius 2 is 2.13 bits per heavy atom. The fourth-order valence-electron chi connectivity index (χ4n) is 3.53. The highest BCUT2D eigenvalue weighted by molar-refractivity contribution is 7.16. The molecule has 0 saturated heterocycles. The maximum Gasteiger partial charge on any atom is 0.123 e. The third-order valence-corrected chi connectivity index (χ3v) is 5.90. The molecular weight excluding hydrogens is 307 g/mol. The van der Waals surface area contributed by atoms with Crippen LogP contribution >= 0.6 is 11.3 Å². The molecule has 1 aromatic heterocycles. The van der Waals surface area contributed by atoms with Gasteiger partial charge in [0.1, 0.15) is 16.9 Å². The number of halogens is 1. The van der Waals surface area contributed by atoms with E-state index in [1.54, 1.807) is 23.5 Å². The standard InChI is InChI=1S/C19H21FN2S/c20-15-6-2-5-14(11-15)4-1-3-13-7-9-16-17(12-21)19(22)23-18(16)10-8-13/h2,5-6,11,13H,1,3-4,7-10,22H2. The van der Waals surface area contributed by atoms with E-state index in [0.717, 1.165) is 37.7 Å². The van der Waals surface area contributed by atoms with E-state index in [1.165, 1.54) is 29.3 Å². The van der Waals surface area contributed by atoms with Gasteiger partial charge < -0.3 is 5.73 Å². The van der Waals surface area contributed by atoms with E-state index in [9.17, 15) is 9.65 Å². The number of thiophene rings is 1. The molecule has 23 heavy (non-hydrogen) atoms. The number of nitrogen functional groups attached to an aromatic ring is 1. The zero-order chi connectivity index (χ0) is 16.2. The normalized spacial score (nSPS) is 17.3. The smallest absolute Gasteiger partial charge is 0.123 e. The Hall–Kier alpha value is -1.86. The molecule has 1 unspecified atom stereocenters. The van der Waals surface area contributed by atoms with E-state index in [4.69, 9.17) is 5.73 Å². The van der Waals surface area contributed by atoms with Gasteiger partial charge in [0, 0.05) is 4.88 Å². The van der Waals surface area contributed by atoms with Crippen LogP contribution in [0.25, 0.3) is 0 Å². The van der Waals surface area contributed by atoms with Crippen molar-refractivity contribution in [1.82, 2.24) is 0 Å². The average Bonchev–Trinajstić information content (AvgIpc) is 2.71. The van der Waals surface area contributed by atoms with Crippen molar-refractivity contribution < 1.29 is 4.39 Å². The fraction of sp³-hybridized carbons (Fsp3) is 0.421. The van der Waals surface area contributed by atoms with Crippen molar-refractivity contribution in [1.29, 1.82) is 5.26 Å². The summed E-state index contributed by atoms with van der Waals surface area (Å²) < 4.78 is 13.2. The molecule has 0 saturated carbocycles. The van der Waals surface area contributed by atoms with Crippen molar-refractivity contribution in [3.8, 4) is 6.07 Å². The van der Waals surface area contributed by atoms with Crippen LogP contribution < -0.4 is 5.73 Å². The van der Waals surface area contributed by atoms with E-state index in [-0.39, 0.29) is 5.82 Å². The molecule has 1 aliphatic carbocycles. The first kappa shape index (κ1) is 16.0. The zero-order valence-electron chi connectivity index (χ0n) is 13.1. The Balaban J connectivity index is 1.54. The summed E-state index contributed by atoms with van der Waals surface area (Å²) in [5.74, 6) is 0.541. The molecule has 2 aromatic rings. The van der Waals surface area contributed by atoms with Crippen molar-refractivity contribution in [3.63, 3.8) is 0 Å². The summed E-state index contributed by atoms with van der Waals surface area (Å²) in [6, 6.07) is 9.16. The molecule has 2 N–H and O–H groups in total. The van der Waals surface area contributed by atoms with Crippen molar-refractivity contribution in [2.24, 2.45) is 5.92 Å². The minimum absolute atomic E-state index is 0.150. The quantitative estimate of drug-likeness (QED) is 0.815. The number of nitrogens with zero attached hydrogens (tertiary/aromatic N) is 1. The summed E-state index contributed by atoms with van der Waals surface area (Å²) in [4.78, 5) is 1.31. The molecule has 1 aliphatic rings. The maximum absolute atomic E-state index is 13.2. The largest absolute Gasteiger partial charge is 0.389 e. The second-order valence-electron chi connectivity index (χ2n) is 6.32. The summed E-state index contributed by atoms with van der Waals surface area (Å²) in [6.45, 7) is 0. The van der Waals surface area contributed by atoms with Crippen molar-refractivity contribution >= 4 is 16.3 Å². The second kappa shape index (κ2) is 7.14. The number of fused-ring (bicyclic) bond motifs is 1. The number of rotatable bonds is 4. The van der Waals surface area contributed by atoms with Crippen LogP contribution in [0.4, 0.5) is 9.39 Å². The van der Waals surface area contributed by atoms with Gasteiger partial charge in [-0.3, -0.25) is 0 Å². The van der Waals surface area contributed by atoms with E-state index in [1.807, 2.05) is 6.07 Å². The van der Waals surface area contributed by atoms with Gasteiger partial charge in [-0.2, -0.15) is 5.26 Å². The predicted molar refractivity (Wildman–Crippen MR) is 92.9 cm³/mol. The van der Waals surface area contributed by atoms with Gasteiger partial charge in [0.15, 0.2) is 0 Å². The van der Waals surface area contributed by atoms with Gasteiger partial charge >= 0.3 is 0 Å². The molecule has 120 valence electrons. The fourth-order valence-corrected chi connectivity index (χ4v) is 4.61. The van der Waals surface area contributed by atoms with Gasteiger partial charge in [-0.1, -0.05) is 18.6 Å². The van der Waals surface area contributed by atoms with Gasteiger partial charge in [0.25, 0.3) is 0 Å². The number of benzene rings is 1. The minimum atomic E-state index is -0.150. The van der Waals surface area contributed by atoms with Crippen LogP contribution in [0, 0.1) is 23.1 Å². The summed E-state index contributed by atoms with van der Waals surface area (Å²) in [6.07, 6.45) is 7.50. The lowest BCUT2D eigenvalue weighted by Crippen LogP contribution is -2.02. The molecule has 1 atom stereocenters. The molecule has 0 radical (unpaired) electrons. The Labute approximate surface area is 140 Å². The zero-order valence-corrected chi connectivity index (χ0v) is 14.0. The van der Waals surface area contributed by atoms with E-state index in [2.05, 4.69) is 6.07 Å². The SMILES string of the molecule is N#Cc1c(N)sc2c1CCC(CCCc1cccc(F)c1)CC2. The molecule has 0 bridgehead atoms. The molecule has 0 fully saturated rings. The molecule has 1 heterocycles. The van der Waals surface area contributed by atoms with Crippen LogP contribution in [-0.2, 0) is 19.3 Å². The average molecular weight is 328 g/mol. The first-order chi connectivity index (χ1) is 11.2. The third-order valence-electron chi connectivity index (χ3n) is 4.78. The molecule has 0 aliphatic heterocycles. The first-order valence-electron chi connectivity index (χ1n) is 8.22. The van der Waals surface area contributed by atoms with Crippen LogP contribution in [0.15, 0.2) is 24.3 Å². The molecule has 0 spiro atoms. The molecule has 3 rings (SSSR count). The highest BCUT2D eigenvalue weighted by Crippen LogP contribution is 2.37. The lowest BCUT2D eigenvalue weighted by molar-refractivity contribution is 0.419. The highest BCUT2D eigenvalue weighted by Gasteiger charge is 2.22. The van der Waals surface area contributed by atoms with Gasteiger partial charge in [0.05, 0.1) is 5.56 Å². The Morgan fingerprint density at radius 3 is 2.91 bits per heavy atom. The van der Waals surface area contributed by atoms with E-state index in [0.29, 0.717) is 16.5 Å². The summed E-state index contributed by atoms with van der Waals surface area (Å²) in [5.41, 5.74) is 8.93. The first-order valence-corrected chi connectivity index (χ1v) is 9.03. The van der Waals surface area contributed by atoms with Crippen molar-refractivity contribution in [2.75, 3.05) is 5.73 Å². The van der Waals surface area contributed by atoms with E-state index < -0.39 is 0 Å². The van der Waals surface area contributed by atoms with E-state index >= 15 is 0 Å². The Kier molecular flexibility index (Phi) is 4.97. The molecule has 0 amide bonds. The van der Waals surface area contributed by atoms with Gasteiger partial charge in [-0.25, -0.2) is 4.39 Å². The van der Waals surface area contributed by atoms with Gasteiger partial charge in [0.2, 0.25) is 0 Å². The summed E-state index contributed by atoms with van der Waals surface area (Å²) in [7, 11) is 0. The second-order valence-corrected chi connectivity index (χ2v) is 7.46. The summed E-state index contributed by atoms with van der Waals surface area (Å²) in [5, 5.41) is 9.94. The molecule has 2 nitrogen and oxygen atoms in total. The van der Waals surface area contributed by atoms with Crippen molar-refractivity contribution in [3.05, 3.63) is 51.7 Å². The van der Waals surface area contributed by atoms with Crippen molar-refractivity contribution in [2.45, 2.75) is 44.9 Å². The molecular formula is C19H21FN2S. The number of nitrogens with two attached hydrogens (primary N) is 1. The monoisotopic (exact) mass is 328 g/mol. The van der Waals surface area contributed by atoms with Crippen LogP contribution in [0.3, 0.4) is 0 Å². The number of hydrogen-bond donors (Lipinski definition) is 1. The Bertz CT molecular complexity index is 729. The lowest BCUT2D eigenvalue weighted by atomic mass is 9.92. The predicted octanol–water partition coefficient (Wildman–Crippen LogP) is 4.86. The minimum Gasteiger partial charge on any atom is -0.389 e. The number of hydrogen-bond acceptors (Lipinski definition) is 3. The Morgan fingerprint density at radius 1 is 1.30 bits per heavy atom. The third kappa shape index (κ3) is 3.73. The summed E-state index contributed by atoms with van der Waals surface area (Å²) >= 11 is 1.59. The molecule has 1 aromatic carbocycles. The number of nitriles is 1. The number of aryl methyl sites for hydroxylation is 2. The van der Waals surface area contributed by atoms with Gasteiger partial charge in [-0.05, 0) is 67.7 Å². The maximum atomic E-state index is 13.2. The topological polar surface area (TPSA) is 49.8 Å². The highest BCUT2D eigenvalue weighted by atomic mass is 32.1. The van der Waals surface area contributed by atoms with Gasteiger partial charge in [-0.15, -0.1) is 11.3 Å². The van der Waals surface area contributed by atoms with Crippen LogP contribution in [0.5, 0.6) is 0 Å². The number of anilines is 1. The van der Waals surface area contributed by atoms with Crippen LogP contribution in [0.1, 0.15) is 47.3 Å². The van der Waals surface area contributed by atoms with Crippen LogP contribution in [0.2, 0.25) is 0 Å².